The number of benzene rings is 1. The second-order valence-corrected chi connectivity index (χ2v) is 5.41. The summed E-state index contributed by atoms with van der Waals surface area (Å²) < 4.78 is 0. The maximum absolute atomic E-state index is 12.6. The van der Waals surface area contributed by atoms with Gasteiger partial charge in [-0.2, -0.15) is 0 Å². The van der Waals surface area contributed by atoms with Crippen LogP contribution in [0.15, 0.2) is 24.3 Å². The SMILES string of the molecule is CC(C(=O)N(CCO)C1CCC1)c1cccc([N+](=O)[O-])c1. The summed E-state index contributed by atoms with van der Waals surface area (Å²) >= 11 is 0. The lowest BCUT2D eigenvalue weighted by molar-refractivity contribution is -0.384. The number of aliphatic hydroxyl groups is 1. The number of rotatable bonds is 6. The van der Waals surface area contributed by atoms with Crippen molar-refractivity contribution in [2.24, 2.45) is 0 Å². The van der Waals surface area contributed by atoms with Gasteiger partial charge in [0.25, 0.3) is 5.69 Å². The first-order valence-corrected chi connectivity index (χ1v) is 7.20. The first-order chi connectivity index (χ1) is 10.0. The standard InChI is InChI=1S/C15H20N2O4/c1-11(12-4-2-7-14(10-12)17(20)21)15(19)16(8-9-18)13-5-3-6-13/h2,4,7,10-11,13,18H,3,5-6,8-9H2,1H3. The van der Waals surface area contributed by atoms with Gasteiger partial charge >= 0.3 is 0 Å². The number of nitro groups is 1. The Kier molecular flexibility index (Phi) is 4.90. The lowest BCUT2D eigenvalue weighted by Gasteiger charge is -2.38. The molecule has 1 fully saturated rings. The molecular formula is C15H20N2O4. The van der Waals surface area contributed by atoms with Gasteiger partial charge in [-0.25, -0.2) is 0 Å². The summed E-state index contributed by atoms with van der Waals surface area (Å²) in [5.74, 6) is -0.522. The lowest BCUT2D eigenvalue weighted by atomic mass is 9.89. The first-order valence-electron chi connectivity index (χ1n) is 7.20. The fourth-order valence-corrected chi connectivity index (χ4v) is 2.58. The zero-order valence-electron chi connectivity index (χ0n) is 12.1. The van der Waals surface area contributed by atoms with Crippen molar-refractivity contribution in [3.63, 3.8) is 0 Å². The molecule has 1 aliphatic carbocycles. The summed E-state index contributed by atoms with van der Waals surface area (Å²) in [5.41, 5.74) is 0.626. The van der Waals surface area contributed by atoms with Crippen LogP contribution < -0.4 is 0 Å². The van der Waals surface area contributed by atoms with Crippen molar-refractivity contribution in [1.82, 2.24) is 4.90 Å². The molecule has 6 heteroatoms. The Hall–Kier alpha value is -1.95. The van der Waals surface area contributed by atoms with E-state index in [9.17, 15) is 14.9 Å². The van der Waals surface area contributed by atoms with Crippen LogP contribution >= 0.6 is 0 Å². The molecule has 1 unspecified atom stereocenters. The molecular weight excluding hydrogens is 272 g/mol. The lowest BCUT2D eigenvalue weighted by Crippen LogP contribution is -2.47. The van der Waals surface area contributed by atoms with E-state index in [0.717, 1.165) is 19.3 Å². The van der Waals surface area contributed by atoms with Gasteiger partial charge in [-0.05, 0) is 31.7 Å². The number of aliphatic hydroxyl groups excluding tert-OH is 1. The van der Waals surface area contributed by atoms with Gasteiger partial charge in [0, 0.05) is 24.7 Å². The molecule has 0 spiro atoms. The third-order valence-corrected chi connectivity index (χ3v) is 4.09. The molecule has 1 aromatic carbocycles. The molecule has 1 atom stereocenters. The van der Waals surface area contributed by atoms with Crippen molar-refractivity contribution < 1.29 is 14.8 Å². The Balaban J connectivity index is 2.16. The summed E-state index contributed by atoms with van der Waals surface area (Å²) in [6.45, 7) is 2.01. The van der Waals surface area contributed by atoms with Crippen LogP contribution in [0.1, 0.15) is 37.7 Å². The van der Waals surface area contributed by atoms with Crippen molar-refractivity contribution in [3.8, 4) is 0 Å². The Bertz CT molecular complexity index is 528. The minimum atomic E-state index is -0.460. The number of nitro benzene ring substituents is 1. The summed E-state index contributed by atoms with van der Waals surface area (Å²) in [5, 5.41) is 20.0. The number of hydrogen-bond donors (Lipinski definition) is 1. The van der Waals surface area contributed by atoms with E-state index < -0.39 is 10.8 Å². The third-order valence-electron chi connectivity index (χ3n) is 4.09. The highest BCUT2D eigenvalue weighted by atomic mass is 16.6. The highest BCUT2D eigenvalue weighted by Gasteiger charge is 2.31. The highest BCUT2D eigenvalue weighted by molar-refractivity contribution is 5.84. The van der Waals surface area contributed by atoms with Crippen molar-refractivity contribution in [2.45, 2.75) is 38.1 Å². The predicted molar refractivity (Wildman–Crippen MR) is 77.9 cm³/mol. The molecule has 0 radical (unpaired) electrons. The highest BCUT2D eigenvalue weighted by Crippen LogP contribution is 2.29. The zero-order chi connectivity index (χ0) is 15.4. The number of carbonyl (C=O) groups is 1. The van der Waals surface area contributed by atoms with Crippen LogP contribution in [0.3, 0.4) is 0 Å². The molecule has 114 valence electrons. The molecule has 1 aromatic rings. The third kappa shape index (κ3) is 3.39. The zero-order valence-corrected chi connectivity index (χ0v) is 12.1. The number of non-ortho nitro benzene ring substituents is 1. The van der Waals surface area contributed by atoms with E-state index in [1.54, 1.807) is 24.0 Å². The molecule has 1 saturated carbocycles. The van der Waals surface area contributed by atoms with Gasteiger partial charge in [0.1, 0.15) is 0 Å². The molecule has 0 aliphatic heterocycles. The summed E-state index contributed by atoms with van der Waals surface area (Å²) in [7, 11) is 0. The second kappa shape index (κ2) is 6.67. The fourth-order valence-electron chi connectivity index (χ4n) is 2.58. The topological polar surface area (TPSA) is 83.7 Å². The minimum Gasteiger partial charge on any atom is -0.395 e. The average Bonchev–Trinajstić information content (AvgIpc) is 2.43. The van der Waals surface area contributed by atoms with E-state index in [1.807, 2.05) is 0 Å². The van der Waals surface area contributed by atoms with Crippen molar-refractivity contribution in [2.75, 3.05) is 13.2 Å². The molecule has 1 N–H and O–H groups in total. The monoisotopic (exact) mass is 292 g/mol. The van der Waals surface area contributed by atoms with Crippen molar-refractivity contribution in [1.29, 1.82) is 0 Å². The molecule has 0 heterocycles. The van der Waals surface area contributed by atoms with Crippen LogP contribution in [0, 0.1) is 10.1 Å². The van der Waals surface area contributed by atoms with Crippen LogP contribution in [0.5, 0.6) is 0 Å². The molecule has 6 nitrogen and oxygen atoms in total. The molecule has 0 saturated heterocycles. The Morgan fingerprint density at radius 1 is 1.52 bits per heavy atom. The van der Waals surface area contributed by atoms with Crippen LogP contribution in [-0.4, -0.2) is 40.0 Å². The number of amides is 1. The van der Waals surface area contributed by atoms with Crippen LogP contribution in [0.25, 0.3) is 0 Å². The average molecular weight is 292 g/mol. The number of hydrogen-bond acceptors (Lipinski definition) is 4. The Morgan fingerprint density at radius 3 is 2.76 bits per heavy atom. The summed E-state index contributed by atoms with van der Waals surface area (Å²) in [6.07, 6.45) is 3.03. The number of carbonyl (C=O) groups excluding carboxylic acids is 1. The van der Waals surface area contributed by atoms with Gasteiger partial charge in [0.05, 0.1) is 17.4 Å². The Morgan fingerprint density at radius 2 is 2.24 bits per heavy atom. The van der Waals surface area contributed by atoms with Crippen LogP contribution in [-0.2, 0) is 4.79 Å². The van der Waals surface area contributed by atoms with E-state index in [0.29, 0.717) is 12.1 Å². The fraction of sp³-hybridized carbons (Fsp3) is 0.533. The van der Waals surface area contributed by atoms with Crippen LogP contribution in [0.2, 0.25) is 0 Å². The summed E-state index contributed by atoms with van der Waals surface area (Å²) in [6, 6.07) is 6.38. The van der Waals surface area contributed by atoms with Gasteiger partial charge < -0.3 is 10.0 Å². The van der Waals surface area contributed by atoms with E-state index in [-0.39, 0.29) is 24.2 Å². The minimum absolute atomic E-state index is 0.00972. The van der Waals surface area contributed by atoms with Crippen molar-refractivity contribution in [3.05, 3.63) is 39.9 Å². The quantitative estimate of drug-likeness (QED) is 0.642. The largest absolute Gasteiger partial charge is 0.395 e. The predicted octanol–water partition coefficient (Wildman–Crippen LogP) is 2.07. The molecule has 2 rings (SSSR count). The molecule has 0 bridgehead atoms. The van der Waals surface area contributed by atoms with E-state index in [2.05, 4.69) is 0 Å². The van der Waals surface area contributed by atoms with Gasteiger partial charge in [0.15, 0.2) is 0 Å². The van der Waals surface area contributed by atoms with Crippen molar-refractivity contribution >= 4 is 11.6 Å². The Labute approximate surface area is 123 Å². The second-order valence-electron chi connectivity index (χ2n) is 5.41. The molecule has 1 amide bonds. The van der Waals surface area contributed by atoms with Gasteiger partial charge in [-0.1, -0.05) is 12.1 Å². The smallest absolute Gasteiger partial charge is 0.269 e. The maximum Gasteiger partial charge on any atom is 0.269 e. The number of nitrogens with zero attached hydrogens (tertiary/aromatic N) is 2. The van der Waals surface area contributed by atoms with E-state index in [1.165, 1.54) is 12.1 Å². The normalized spacial score (nSPS) is 16.1. The summed E-state index contributed by atoms with van der Waals surface area (Å²) in [4.78, 5) is 24.7. The molecule has 0 aromatic heterocycles. The molecule has 1 aliphatic rings. The van der Waals surface area contributed by atoms with E-state index >= 15 is 0 Å². The van der Waals surface area contributed by atoms with Gasteiger partial charge in [-0.3, -0.25) is 14.9 Å². The van der Waals surface area contributed by atoms with Gasteiger partial charge in [-0.15, -0.1) is 0 Å². The maximum atomic E-state index is 12.6. The first kappa shape index (κ1) is 15.4. The van der Waals surface area contributed by atoms with Crippen LogP contribution in [0.4, 0.5) is 5.69 Å². The van der Waals surface area contributed by atoms with Gasteiger partial charge in [0.2, 0.25) is 5.91 Å². The molecule has 21 heavy (non-hydrogen) atoms. The van der Waals surface area contributed by atoms with E-state index in [4.69, 9.17) is 5.11 Å².